The maximum atomic E-state index is 13.9. The highest BCUT2D eigenvalue weighted by molar-refractivity contribution is 6.01. The SMILES string of the molecule is C=C(F)C(=O)N1CCN(c2nc(OCC3CCCN3C)nc3cc(-c4cccc5c4CCC5)c4c(c23)OCCC4)CC1CC#N. The van der Waals surface area contributed by atoms with Crippen LogP contribution in [0.3, 0.4) is 0 Å². The highest BCUT2D eigenvalue weighted by atomic mass is 19.1. The normalized spacial score (nSPS) is 21.3. The van der Waals surface area contributed by atoms with E-state index in [-0.39, 0.29) is 13.0 Å². The number of hydrogen-bond donors (Lipinski definition) is 0. The van der Waals surface area contributed by atoms with Crippen molar-refractivity contribution in [2.75, 3.05) is 51.3 Å². The average Bonchev–Trinajstić information content (AvgIpc) is 3.71. The maximum absolute atomic E-state index is 13.9. The second-order valence-electron chi connectivity index (χ2n) is 12.7. The summed E-state index contributed by atoms with van der Waals surface area (Å²) in [6.07, 6.45) is 7.39. The number of anilines is 1. The summed E-state index contributed by atoms with van der Waals surface area (Å²) < 4.78 is 26.7. The van der Waals surface area contributed by atoms with Gasteiger partial charge in [0.2, 0.25) is 0 Å². The molecule has 2 aromatic carbocycles. The Kier molecular flexibility index (Phi) is 8.04. The first-order chi connectivity index (χ1) is 21.9. The first kappa shape index (κ1) is 29.5. The predicted molar refractivity (Wildman–Crippen MR) is 170 cm³/mol. The molecular formula is C35H39FN6O3. The Hall–Kier alpha value is -4.23. The molecule has 1 aromatic heterocycles. The maximum Gasteiger partial charge on any atom is 0.319 e. The molecule has 3 aromatic rings. The van der Waals surface area contributed by atoms with Crippen LogP contribution in [0.15, 0.2) is 36.7 Å². The van der Waals surface area contributed by atoms with Gasteiger partial charge in [0.25, 0.3) is 5.91 Å². The Morgan fingerprint density at radius 3 is 2.78 bits per heavy atom. The molecule has 4 heterocycles. The zero-order valence-electron chi connectivity index (χ0n) is 25.9. The smallest absolute Gasteiger partial charge is 0.319 e. The molecule has 1 aliphatic carbocycles. The Labute approximate surface area is 263 Å². The van der Waals surface area contributed by atoms with Crippen LogP contribution in [0.2, 0.25) is 0 Å². The number of nitrogens with zero attached hydrogens (tertiary/aromatic N) is 6. The van der Waals surface area contributed by atoms with E-state index in [2.05, 4.69) is 53.8 Å². The lowest BCUT2D eigenvalue weighted by atomic mass is 9.89. The van der Waals surface area contributed by atoms with Crippen molar-refractivity contribution >= 4 is 22.6 Å². The number of fused-ring (bicyclic) bond motifs is 4. The van der Waals surface area contributed by atoms with Crippen LogP contribution in [0.1, 0.15) is 48.8 Å². The molecular weight excluding hydrogens is 571 g/mol. The van der Waals surface area contributed by atoms with Crippen molar-refractivity contribution in [3.8, 4) is 29.0 Å². The Bertz CT molecular complexity index is 1700. The molecule has 234 valence electrons. The number of likely N-dealkylation sites (tertiary alicyclic amines) is 1. The van der Waals surface area contributed by atoms with Crippen molar-refractivity contribution in [3.63, 3.8) is 0 Å². The highest BCUT2D eigenvalue weighted by Crippen LogP contribution is 2.46. The lowest BCUT2D eigenvalue weighted by Crippen LogP contribution is -2.55. The van der Waals surface area contributed by atoms with Gasteiger partial charge in [-0.1, -0.05) is 24.8 Å². The van der Waals surface area contributed by atoms with E-state index in [0.29, 0.717) is 44.2 Å². The highest BCUT2D eigenvalue weighted by Gasteiger charge is 2.35. The molecule has 1 amide bonds. The third kappa shape index (κ3) is 5.48. The molecule has 9 nitrogen and oxygen atoms in total. The first-order valence-corrected chi connectivity index (χ1v) is 16.1. The lowest BCUT2D eigenvalue weighted by Gasteiger charge is -2.41. The van der Waals surface area contributed by atoms with Crippen molar-refractivity contribution in [1.82, 2.24) is 19.8 Å². The van der Waals surface area contributed by atoms with Gasteiger partial charge >= 0.3 is 6.01 Å². The summed E-state index contributed by atoms with van der Waals surface area (Å²) in [6.45, 7) is 6.28. The first-order valence-electron chi connectivity index (χ1n) is 16.1. The standard InChI is InChI=1S/C35H39FN6O3/c1-22(36)34(43)42-17-16-41(20-24(42)13-14-37)33-31-30(38-35(39-33)45-21-25-9-5-15-40(25)2)19-29(28-12-6-18-44-32(28)31)27-11-4-8-23-7-3-10-26(23)27/h4,8,11,19,24-25H,1,3,5-7,9-10,12-13,15-18,20-21H2,2H3. The van der Waals surface area contributed by atoms with Gasteiger partial charge in [-0.2, -0.15) is 15.2 Å². The van der Waals surface area contributed by atoms with Crippen LogP contribution in [-0.2, 0) is 24.1 Å². The number of ether oxygens (including phenoxy) is 2. The minimum atomic E-state index is -1.02. The molecule has 0 N–H and O–H groups in total. The van der Waals surface area contributed by atoms with Gasteiger partial charge < -0.3 is 24.2 Å². The van der Waals surface area contributed by atoms with E-state index in [9.17, 15) is 14.4 Å². The van der Waals surface area contributed by atoms with Gasteiger partial charge in [-0.15, -0.1) is 0 Å². The number of halogens is 1. The van der Waals surface area contributed by atoms with Gasteiger partial charge in [0.1, 0.15) is 18.2 Å². The van der Waals surface area contributed by atoms with Crippen molar-refractivity contribution in [2.24, 2.45) is 0 Å². The summed E-state index contributed by atoms with van der Waals surface area (Å²) in [5.74, 6) is -0.331. The van der Waals surface area contributed by atoms with E-state index in [1.54, 1.807) is 0 Å². The van der Waals surface area contributed by atoms with Gasteiger partial charge in [-0.05, 0) is 86.9 Å². The van der Waals surface area contributed by atoms with E-state index in [1.165, 1.54) is 21.6 Å². The molecule has 3 aliphatic heterocycles. The van der Waals surface area contributed by atoms with Gasteiger partial charge in [-0.3, -0.25) is 4.79 Å². The molecule has 45 heavy (non-hydrogen) atoms. The molecule has 2 saturated heterocycles. The summed E-state index contributed by atoms with van der Waals surface area (Å²) in [4.78, 5) is 28.4. The molecule has 2 unspecified atom stereocenters. The number of carbonyl (C=O) groups excluding carboxylic acids is 1. The molecule has 0 bridgehead atoms. The topological polar surface area (TPSA) is 94.8 Å². The number of amides is 1. The van der Waals surface area contributed by atoms with Gasteiger partial charge in [-0.25, -0.2) is 4.39 Å². The zero-order valence-corrected chi connectivity index (χ0v) is 25.9. The molecule has 7 rings (SSSR count). The van der Waals surface area contributed by atoms with Crippen molar-refractivity contribution in [1.29, 1.82) is 5.26 Å². The van der Waals surface area contributed by atoms with E-state index in [4.69, 9.17) is 19.4 Å². The third-order valence-electron chi connectivity index (χ3n) is 9.94. The van der Waals surface area contributed by atoms with Crippen LogP contribution in [0, 0.1) is 11.3 Å². The van der Waals surface area contributed by atoms with Gasteiger partial charge in [0.15, 0.2) is 5.83 Å². The van der Waals surface area contributed by atoms with Crippen LogP contribution in [0.4, 0.5) is 10.2 Å². The second kappa shape index (κ2) is 12.3. The lowest BCUT2D eigenvalue weighted by molar-refractivity contribution is -0.131. The van der Waals surface area contributed by atoms with Crippen LogP contribution in [0.5, 0.6) is 11.8 Å². The number of aryl methyl sites for hydroxylation is 1. The summed E-state index contributed by atoms with van der Waals surface area (Å²) in [5, 5.41) is 10.4. The van der Waals surface area contributed by atoms with Crippen LogP contribution in [-0.4, -0.2) is 84.2 Å². The minimum Gasteiger partial charge on any atom is -0.492 e. The largest absolute Gasteiger partial charge is 0.492 e. The Balaban J connectivity index is 1.36. The summed E-state index contributed by atoms with van der Waals surface area (Å²) in [7, 11) is 2.12. The average molecular weight is 611 g/mol. The molecule has 10 heteroatoms. The summed E-state index contributed by atoms with van der Waals surface area (Å²) in [5.41, 5.74) is 7.13. The Morgan fingerprint density at radius 2 is 1.98 bits per heavy atom. The number of carbonyl (C=O) groups is 1. The van der Waals surface area contributed by atoms with E-state index in [1.807, 2.05) is 0 Å². The molecule has 0 saturated carbocycles. The number of likely N-dealkylation sites (N-methyl/N-ethyl adjacent to an activating group) is 1. The van der Waals surface area contributed by atoms with Gasteiger partial charge in [0, 0.05) is 31.2 Å². The summed E-state index contributed by atoms with van der Waals surface area (Å²) >= 11 is 0. The minimum absolute atomic E-state index is 0.0633. The molecule has 4 aliphatic rings. The fourth-order valence-electron chi connectivity index (χ4n) is 7.61. The van der Waals surface area contributed by atoms with Crippen LogP contribution in [0.25, 0.3) is 22.0 Å². The quantitative estimate of drug-likeness (QED) is 0.345. The Morgan fingerprint density at radius 1 is 1.11 bits per heavy atom. The molecule has 2 atom stereocenters. The fourth-order valence-corrected chi connectivity index (χ4v) is 7.61. The van der Waals surface area contributed by atoms with Crippen molar-refractivity contribution in [3.05, 3.63) is 53.4 Å². The number of benzene rings is 2. The monoisotopic (exact) mass is 610 g/mol. The fraction of sp³-hybridized carbons (Fsp3) is 0.486. The number of aromatic nitrogens is 2. The number of hydrogen-bond acceptors (Lipinski definition) is 8. The zero-order chi connectivity index (χ0) is 31.1. The van der Waals surface area contributed by atoms with Crippen LogP contribution >= 0.6 is 0 Å². The molecule has 2 fully saturated rings. The number of piperazine rings is 1. The molecule has 0 radical (unpaired) electrons. The van der Waals surface area contributed by atoms with E-state index >= 15 is 0 Å². The van der Waals surface area contributed by atoms with Crippen molar-refractivity contribution in [2.45, 2.75) is 63.5 Å². The molecule has 0 spiro atoms. The van der Waals surface area contributed by atoms with Crippen LogP contribution < -0.4 is 14.4 Å². The summed E-state index contributed by atoms with van der Waals surface area (Å²) in [6, 6.07) is 11.0. The predicted octanol–water partition coefficient (Wildman–Crippen LogP) is 5.00. The second-order valence-corrected chi connectivity index (χ2v) is 12.7. The third-order valence-corrected chi connectivity index (χ3v) is 9.94. The van der Waals surface area contributed by atoms with Crippen molar-refractivity contribution < 1.29 is 18.7 Å². The number of rotatable bonds is 7. The van der Waals surface area contributed by atoms with E-state index < -0.39 is 17.8 Å². The van der Waals surface area contributed by atoms with E-state index in [0.717, 1.165) is 79.3 Å². The van der Waals surface area contributed by atoms with Gasteiger partial charge in [0.05, 0.1) is 36.0 Å². The number of nitriles is 1.